The van der Waals surface area contributed by atoms with E-state index in [1.165, 1.54) is 5.56 Å². The maximum atomic E-state index is 5.85. The first kappa shape index (κ1) is 11.6. The lowest BCUT2D eigenvalue weighted by Crippen LogP contribution is -2.16. The summed E-state index contributed by atoms with van der Waals surface area (Å²) in [4.78, 5) is 0. The summed E-state index contributed by atoms with van der Waals surface area (Å²) in [6.45, 7) is 2.68. The summed E-state index contributed by atoms with van der Waals surface area (Å²) in [5.74, 6) is 0.875. The maximum absolute atomic E-state index is 5.85. The standard InChI is InChI=1S/C14H16BNO/c1-15-13-9-12(7-8-14(13)16)17-10-11-5-3-2-4-6-11/h2-9,15H,10,16H2,1H3. The zero-order valence-electron chi connectivity index (χ0n) is 10.0. The molecule has 0 bridgehead atoms. The molecule has 0 saturated carbocycles. The molecule has 0 atom stereocenters. The van der Waals surface area contributed by atoms with E-state index in [1.807, 2.05) is 36.4 Å². The quantitative estimate of drug-likeness (QED) is 0.637. The van der Waals surface area contributed by atoms with Crippen LogP contribution in [0.4, 0.5) is 5.69 Å². The van der Waals surface area contributed by atoms with Crippen molar-refractivity contribution in [3.05, 3.63) is 54.1 Å². The van der Waals surface area contributed by atoms with Crippen molar-refractivity contribution in [2.75, 3.05) is 5.73 Å². The van der Waals surface area contributed by atoms with Gasteiger partial charge in [0.15, 0.2) is 7.28 Å². The molecule has 2 N–H and O–H groups in total. The first-order valence-electron chi connectivity index (χ1n) is 5.84. The highest BCUT2D eigenvalue weighted by molar-refractivity contribution is 6.54. The van der Waals surface area contributed by atoms with Gasteiger partial charge in [0.05, 0.1) is 0 Å². The minimum Gasteiger partial charge on any atom is -0.489 e. The number of anilines is 1. The van der Waals surface area contributed by atoms with Crippen molar-refractivity contribution in [3.8, 4) is 5.75 Å². The van der Waals surface area contributed by atoms with E-state index in [4.69, 9.17) is 10.5 Å². The van der Waals surface area contributed by atoms with E-state index in [2.05, 4.69) is 19.0 Å². The Morgan fingerprint density at radius 1 is 1.12 bits per heavy atom. The molecule has 0 heterocycles. The lowest BCUT2D eigenvalue weighted by molar-refractivity contribution is 0.306. The van der Waals surface area contributed by atoms with Gasteiger partial charge < -0.3 is 10.5 Å². The topological polar surface area (TPSA) is 35.2 Å². The number of rotatable bonds is 4. The van der Waals surface area contributed by atoms with Crippen molar-refractivity contribution < 1.29 is 4.74 Å². The van der Waals surface area contributed by atoms with Crippen molar-refractivity contribution in [3.63, 3.8) is 0 Å². The Bertz CT molecular complexity index is 485. The highest BCUT2D eigenvalue weighted by Crippen LogP contribution is 2.13. The minimum atomic E-state index is 0.591. The van der Waals surface area contributed by atoms with Gasteiger partial charge in [-0.05, 0) is 23.8 Å². The average molecular weight is 225 g/mol. The van der Waals surface area contributed by atoms with Crippen LogP contribution >= 0.6 is 0 Å². The second kappa shape index (κ2) is 5.44. The normalized spacial score (nSPS) is 9.94. The molecule has 0 aliphatic heterocycles. The molecule has 0 spiro atoms. The number of benzene rings is 2. The van der Waals surface area contributed by atoms with Gasteiger partial charge in [0, 0.05) is 5.69 Å². The smallest absolute Gasteiger partial charge is 0.157 e. The van der Waals surface area contributed by atoms with Crippen molar-refractivity contribution in [1.29, 1.82) is 0 Å². The van der Waals surface area contributed by atoms with Gasteiger partial charge in [0.1, 0.15) is 12.4 Å². The first-order valence-corrected chi connectivity index (χ1v) is 5.84. The predicted octanol–water partition coefficient (Wildman–Crippen LogP) is 1.96. The molecule has 0 fully saturated rings. The Hall–Kier alpha value is -1.90. The van der Waals surface area contributed by atoms with Crippen molar-refractivity contribution in [2.24, 2.45) is 0 Å². The highest BCUT2D eigenvalue weighted by atomic mass is 16.5. The zero-order valence-corrected chi connectivity index (χ0v) is 10.0. The lowest BCUT2D eigenvalue weighted by Gasteiger charge is -2.09. The second-order valence-electron chi connectivity index (χ2n) is 3.99. The molecule has 0 unspecified atom stereocenters. The Morgan fingerprint density at radius 3 is 2.59 bits per heavy atom. The monoisotopic (exact) mass is 225 g/mol. The third-order valence-electron chi connectivity index (χ3n) is 2.74. The van der Waals surface area contributed by atoms with Crippen molar-refractivity contribution in [1.82, 2.24) is 0 Å². The Balaban J connectivity index is 2.04. The molecule has 2 aromatic rings. The molecular weight excluding hydrogens is 209 g/mol. The molecule has 0 saturated heterocycles. The third kappa shape index (κ3) is 3.03. The van der Waals surface area contributed by atoms with E-state index in [9.17, 15) is 0 Å². The summed E-state index contributed by atoms with van der Waals surface area (Å²) in [6, 6.07) is 16.0. The van der Waals surface area contributed by atoms with Crippen LogP contribution in [0.1, 0.15) is 5.56 Å². The Labute approximate surface area is 103 Å². The van der Waals surface area contributed by atoms with Gasteiger partial charge >= 0.3 is 0 Å². The fraction of sp³-hybridized carbons (Fsp3) is 0.143. The second-order valence-corrected chi connectivity index (χ2v) is 3.99. The number of nitrogens with two attached hydrogens (primary N) is 1. The molecule has 2 nitrogen and oxygen atoms in total. The first-order chi connectivity index (χ1) is 8.29. The van der Waals surface area contributed by atoms with Gasteiger partial charge in [-0.3, -0.25) is 0 Å². The molecule has 86 valence electrons. The summed E-state index contributed by atoms with van der Waals surface area (Å²) in [5.41, 5.74) is 8.99. The van der Waals surface area contributed by atoms with Gasteiger partial charge in [-0.25, -0.2) is 0 Å². The fourth-order valence-electron chi connectivity index (χ4n) is 1.72. The van der Waals surface area contributed by atoms with E-state index in [0.29, 0.717) is 6.61 Å². The molecule has 0 aliphatic carbocycles. The summed E-state index contributed by atoms with van der Waals surface area (Å²) in [6.07, 6.45) is 0. The maximum Gasteiger partial charge on any atom is 0.157 e. The van der Waals surface area contributed by atoms with Crippen LogP contribution in [0.25, 0.3) is 0 Å². The van der Waals surface area contributed by atoms with Gasteiger partial charge in [0.2, 0.25) is 0 Å². The molecule has 0 radical (unpaired) electrons. The van der Waals surface area contributed by atoms with Crippen LogP contribution in [0.15, 0.2) is 48.5 Å². The number of nitrogen functional groups attached to an aromatic ring is 1. The molecule has 2 aromatic carbocycles. The molecular formula is C14H16BNO. The summed E-state index contributed by atoms with van der Waals surface area (Å²) in [5, 5.41) is 0. The number of hydrogen-bond acceptors (Lipinski definition) is 2. The Morgan fingerprint density at radius 2 is 1.88 bits per heavy atom. The van der Waals surface area contributed by atoms with Crippen LogP contribution in [0.2, 0.25) is 6.82 Å². The summed E-state index contributed by atoms with van der Waals surface area (Å²) >= 11 is 0. The fourth-order valence-corrected chi connectivity index (χ4v) is 1.72. The Kier molecular flexibility index (Phi) is 3.71. The van der Waals surface area contributed by atoms with Gasteiger partial charge in [-0.15, -0.1) is 0 Å². The highest BCUT2D eigenvalue weighted by Gasteiger charge is 2.01. The van der Waals surface area contributed by atoms with E-state index < -0.39 is 0 Å². The number of hydrogen-bond donors (Lipinski definition) is 1. The summed E-state index contributed by atoms with van der Waals surface area (Å²) in [7, 11) is 0.925. The van der Waals surface area contributed by atoms with Crippen LogP contribution in [-0.2, 0) is 6.61 Å². The zero-order chi connectivity index (χ0) is 12.1. The largest absolute Gasteiger partial charge is 0.489 e. The van der Waals surface area contributed by atoms with Crippen LogP contribution in [-0.4, -0.2) is 7.28 Å². The predicted molar refractivity (Wildman–Crippen MR) is 74.3 cm³/mol. The molecule has 2 rings (SSSR count). The molecule has 0 amide bonds. The molecule has 0 aliphatic rings. The molecule has 3 heteroatoms. The summed E-state index contributed by atoms with van der Waals surface area (Å²) < 4.78 is 5.73. The lowest BCUT2D eigenvalue weighted by atomic mass is 9.72. The van der Waals surface area contributed by atoms with Crippen LogP contribution in [0.3, 0.4) is 0 Å². The van der Waals surface area contributed by atoms with E-state index in [1.54, 1.807) is 0 Å². The van der Waals surface area contributed by atoms with Gasteiger partial charge in [-0.2, -0.15) is 0 Å². The van der Waals surface area contributed by atoms with Gasteiger partial charge in [-0.1, -0.05) is 42.6 Å². The molecule has 0 aromatic heterocycles. The minimum absolute atomic E-state index is 0.591. The van der Waals surface area contributed by atoms with Crippen molar-refractivity contribution in [2.45, 2.75) is 13.4 Å². The van der Waals surface area contributed by atoms with Crippen LogP contribution in [0.5, 0.6) is 5.75 Å². The SMILES string of the molecule is CBc1cc(OCc2ccccc2)ccc1N. The van der Waals surface area contributed by atoms with E-state index >= 15 is 0 Å². The van der Waals surface area contributed by atoms with Crippen LogP contribution in [0, 0.1) is 0 Å². The third-order valence-corrected chi connectivity index (χ3v) is 2.74. The average Bonchev–Trinajstić information content (AvgIpc) is 2.39. The number of ether oxygens (including phenoxy) is 1. The van der Waals surface area contributed by atoms with Crippen molar-refractivity contribution >= 4 is 18.4 Å². The van der Waals surface area contributed by atoms with E-state index in [0.717, 1.165) is 24.2 Å². The van der Waals surface area contributed by atoms with Gasteiger partial charge in [0.25, 0.3) is 0 Å². The van der Waals surface area contributed by atoms with E-state index in [-0.39, 0.29) is 0 Å². The van der Waals surface area contributed by atoms with Crippen LogP contribution < -0.4 is 15.9 Å². The molecule has 17 heavy (non-hydrogen) atoms.